The molecule has 1 aliphatic rings. The van der Waals surface area contributed by atoms with Crippen LogP contribution in [0.5, 0.6) is 11.5 Å². The van der Waals surface area contributed by atoms with E-state index in [0.717, 1.165) is 38.1 Å². The van der Waals surface area contributed by atoms with E-state index in [9.17, 15) is 4.79 Å². The number of hydrogen-bond donors (Lipinski definition) is 2. The number of aliphatic carboxylic acids is 1. The minimum absolute atomic E-state index is 0.136. The molecule has 1 aliphatic heterocycles. The average molecular weight is 463 g/mol. The summed E-state index contributed by atoms with van der Waals surface area (Å²) < 4.78 is 5.86. The Bertz CT molecular complexity index is 882. The van der Waals surface area contributed by atoms with E-state index in [1.54, 1.807) is 18.2 Å². The summed E-state index contributed by atoms with van der Waals surface area (Å²) in [4.78, 5) is 13.4. The van der Waals surface area contributed by atoms with Gasteiger partial charge in [0.05, 0.1) is 10.0 Å². The molecule has 0 aromatic heterocycles. The Morgan fingerprint density at radius 3 is 2.55 bits per heavy atom. The molecule has 0 saturated carbocycles. The molecule has 166 valence electrons. The maximum atomic E-state index is 11.0. The van der Waals surface area contributed by atoms with Crippen molar-refractivity contribution < 1.29 is 14.6 Å². The first-order valence-electron chi connectivity index (χ1n) is 10.8. The fraction of sp³-hybridized carbons (Fsp3) is 0.435. The predicted molar refractivity (Wildman–Crippen MR) is 128 cm³/mol. The van der Waals surface area contributed by atoms with Crippen LogP contribution in [0.3, 0.4) is 0 Å². The molecule has 0 aliphatic carbocycles. The lowest BCUT2D eigenvalue weighted by Gasteiger charge is -2.41. The molecule has 3 atom stereocenters. The van der Waals surface area contributed by atoms with Crippen molar-refractivity contribution in [2.24, 2.45) is 17.6 Å². The van der Waals surface area contributed by atoms with Crippen LogP contribution < -0.4 is 10.5 Å². The molecule has 8 heteroatoms. The molecule has 0 radical (unpaired) electrons. The summed E-state index contributed by atoms with van der Waals surface area (Å²) in [6.45, 7) is 2.70. The van der Waals surface area contributed by atoms with Gasteiger partial charge in [-0.3, -0.25) is 9.69 Å². The molecule has 0 amide bonds. The van der Waals surface area contributed by atoms with Gasteiger partial charge in [0.2, 0.25) is 0 Å². The number of piperidine rings is 1. The van der Waals surface area contributed by atoms with Gasteiger partial charge in [-0.1, -0.05) is 41.7 Å². The Balaban J connectivity index is 1.58. The number of rotatable bonds is 9. The maximum absolute atomic E-state index is 11.0. The van der Waals surface area contributed by atoms with E-state index in [1.807, 2.05) is 12.1 Å². The van der Waals surface area contributed by atoms with Crippen molar-refractivity contribution in [3.8, 4) is 11.5 Å². The first-order valence-corrected chi connectivity index (χ1v) is 11.5. The van der Waals surface area contributed by atoms with Gasteiger partial charge >= 0.3 is 5.97 Å². The second-order valence-corrected chi connectivity index (χ2v) is 9.09. The van der Waals surface area contributed by atoms with Crippen LogP contribution in [0.25, 0.3) is 0 Å². The first kappa shape index (κ1) is 23.9. The van der Waals surface area contributed by atoms with E-state index < -0.39 is 5.97 Å². The van der Waals surface area contributed by atoms with Gasteiger partial charge in [-0.15, -0.1) is 0 Å². The number of halogens is 2. The summed E-state index contributed by atoms with van der Waals surface area (Å²) in [5.74, 6) is 1.32. The van der Waals surface area contributed by atoms with Crippen LogP contribution in [0.1, 0.15) is 24.8 Å². The van der Waals surface area contributed by atoms with E-state index >= 15 is 0 Å². The highest BCUT2D eigenvalue weighted by Gasteiger charge is 2.32. The van der Waals surface area contributed by atoms with Gasteiger partial charge < -0.3 is 15.6 Å². The largest absolute Gasteiger partial charge is 0.481 e. The molecule has 3 N–H and O–H groups in total. The van der Waals surface area contributed by atoms with Crippen molar-refractivity contribution in [2.75, 3.05) is 13.1 Å². The Kier molecular flexibility index (Phi) is 8.67. The quantitative estimate of drug-likeness (QED) is 0.537. The number of hydrogen-bond acceptors (Lipinski definition) is 4. The number of nitrogens with zero attached hydrogens (tertiary/aromatic N) is 1. The second-order valence-electron chi connectivity index (χ2n) is 8.27. The zero-order valence-electron chi connectivity index (χ0n) is 17.8. The predicted octanol–water partition coefficient (Wildman–Crippen LogP) is 4.47. The summed E-state index contributed by atoms with van der Waals surface area (Å²) >= 11 is 12.0. The molecule has 0 bridgehead atoms. The van der Waals surface area contributed by atoms with Crippen molar-refractivity contribution in [1.82, 2.24) is 4.90 Å². The van der Waals surface area contributed by atoms with E-state index in [-0.39, 0.29) is 12.5 Å². The van der Waals surface area contributed by atoms with Gasteiger partial charge in [-0.05, 0) is 61.1 Å². The summed E-state index contributed by atoms with van der Waals surface area (Å²) in [5, 5.41) is 10.0. The van der Waals surface area contributed by atoms with E-state index in [2.05, 4.69) is 24.9 Å². The lowest BCUT2D eigenvalue weighted by Crippen LogP contribution is -2.49. The van der Waals surface area contributed by atoms with Crippen LogP contribution in [-0.4, -0.2) is 43.0 Å². The number of nitrogens with two attached hydrogens (primary N) is 1. The second kappa shape index (κ2) is 11.2. The molecule has 0 spiro atoms. The first-order chi connectivity index (χ1) is 14.9. The standard InChI is InChI=1S/C23H29BCl2N2O3/c24-12-16(3-8-23(29)30)19-14-28(10-9-22(19)27)13-15-1-4-17(5-2-15)31-18-6-7-20(25)21(26)11-18/h1-2,4-7,11,16,19,22H,3,8-10,12-14,24,27H2,(H,29,30). The van der Waals surface area contributed by atoms with Gasteiger partial charge in [-0.25, -0.2) is 0 Å². The Morgan fingerprint density at radius 1 is 1.19 bits per heavy atom. The zero-order chi connectivity index (χ0) is 22.4. The number of carboxylic acids is 1. The lowest BCUT2D eigenvalue weighted by atomic mass is 9.73. The molecular weight excluding hydrogens is 434 g/mol. The van der Waals surface area contributed by atoms with E-state index in [0.29, 0.717) is 34.1 Å². The fourth-order valence-electron chi connectivity index (χ4n) is 4.34. The number of likely N-dealkylation sites (tertiary alicyclic amines) is 1. The molecule has 31 heavy (non-hydrogen) atoms. The molecule has 1 heterocycles. The van der Waals surface area contributed by atoms with Gasteiger partial charge in [0.15, 0.2) is 0 Å². The zero-order valence-corrected chi connectivity index (χ0v) is 19.3. The highest BCUT2D eigenvalue weighted by atomic mass is 35.5. The summed E-state index contributed by atoms with van der Waals surface area (Å²) in [5.41, 5.74) is 7.63. The smallest absolute Gasteiger partial charge is 0.303 e. The van der Waals surface area contributed by atoms with Crippen LogP contribution in [0.15, 0.2) is 42.5 Å². The van der Waals surface area contributed by atoms with Gasteiger partial charge in [0.1, 0.15) is 19.3 Å². The number of ether oxygens (including phenoxy) is 1. The minimum atomic E-state index is -0.733. The van der Waals surface area contributed by atoms with Crippen LogP contribution in [-0.2, 0) is 11.3 Å². The summed E-state index contributed by atoms with van der Waals surface area (Å²) in [7, 11) is 2.13. The van der Waals surface area contributed by atoms with Crippen molar-refractivity contribution in [3.63, 3.8) is 0 Å². The molecule has 2 aromatic rings. The maximum Gasteiger partial charge on any atom is 0.303 e. The van der Waals surface area contributed by atoms with Crippen LogP contribution in [0, 0.1) is 11.8 Å². The minimum Gasteiger partial charge on any atom is -0.481 e. The normalized spacial score (nSPS) is 20.4. The number of carbonyl (C=O) groups is 1. The highest BCUT2D eigenvalue weighted by molar-refractivity contribution is 6.42. The molecule has 5 nitrogen and oxygen atoms in total. The molecule has 1 saturated heterocycles. The molecule has 1 fully saturated rings. The highest BCUT2D eigenvalue weighted by Crippen LogP contribution is 2.31. The third-order valence-electron chi connectivity index (χ3n) is 6.11. The van der Waals surface area contributed by atoms with Crippen LogP contribution in [0.2, 0.25) is 16.4 Å². The van der Waals surface area contributed by atoms with Gasteiger partial charge in [0.25, 0.3) is 0 Å². The van der Waals surface area contributed by atoms with Gasteiger partial charge in [-0.2, -0.15) is 0 Å². The van der Waals surface area contributed by atoms with E-state index in [1.165, 1.54) is 5.56 Å². The van der Waals surface area contributed by atoms with Crippen LogP contribution >= 0.6 is 23.2 Å². The summed E-state index contributed by atoms with van der Waals surface area (Å²) in [6.07, 6.45) is 2.80. The third kappa shape index (κ3) is 6.88. The number of carboxylic acid groups (broad SMARTS) is 1. The van der Waals surface area contributed by atoms with Crippen molar-refractivity contribution in [3.05, 3.63) is 58.1 Å². The van der Waals surface area contributed by atoms with Crippen LogP contribution in [0.4, 0.5) is 0 Å². The van der Waals surface area contributed by atoms with Crippen molar-refractivity contribution >= 4 is 37.0 Å². The summed E-state index contributed by atoms with van der Waals surface area (Å²) in [6, 6.07) is 13.4. The number of benzene rings is 2. The molecule has 3 rings (SSSR count). The Hall–Kier alpha value is -1.73. The SMILES string of the molecule is BCC(CCC(=O)O)C1CN(Cc2ccc(Oc3ccc(Cl)c(Cl)c3)cc2)CCC1N. The average Bonchev–Trinajstić information content (AvgIpc) is 2.74. The molecular formula is C23H29BCl2N2O3. The molecule has 3 unspecified atom stereocenters. The van der Waals surface area contributed by atoms with Crippen molar-refractivity contribution in [1.29, 1.82) is 0 Å². The lowest BCUT2D eigenvalue weighted by molar-refractivity contribution is -0.137. The Morgan fingerprint density at radius 2 is 1.90 bits per heavy atom. The topological polar surface area (TPSA) is 75.8 Å². The Labute approximate surface area is 194 Å². The monoisotopic (exact) mass is 462 g/mol. The molecule has 2 aromatic carbocycles. The van der Waals surface area contributed by atoms with Crippen molar-refractivity contribution in [2.45, 2.75) is 38.2 Å². The third-order valence-corrected chi connectivity index (χ3v) is 6.85. The fourth-order valence-corrected chi connectivity index (χ4v) is 4.63. The van der Waals surface area contributed by atoms with Gasteiger partial charge in [0, 0.05) is 31.6 Å². The van der Waals surface area contributed by atoms with E-state index in [4.69, 9.17) is 38.8 Å².